The van der Waals surface area contributed by atoms with E-state index in [1.54, 1.807) is 21.1 Å². The molecule has 0 radical (unpaired) electrons. The van der Waals surface area contributed by atoms with Gasteiger partial charge in [0.1, 0.15) is 12.6 Å². The summed E-state index contributed by atoms with van der Waals surface area (Å²) in [6.07, 6.45) is 48.5. The van der Waals surface area contributed by atoms with E-state index in [-0.39, 0.29) is 42.7 Å². The molecule has 58 heavy (non-hydrogen) atoms. The predicted molar refractivity (Wildman–Crippen MR) is 240 cm³/mol. The van der Waals surface area contributed by atoms with Crippen molar-refractivity contribution in [1.82, 2.24) is 0 Å². The molecule has 0 aromatic heterocycles. The molecule has 0 aromatic carbocycles. The maximum atomic E-state index is 12.7. The van der Waals surface area contributed by atoms with E-state index in [4.69, 9.17) is 14.2 Å². The summed E-state index contributed by atoms with van der Waals surface area (Å²) in [6, 6.07) is -0.730. The molecule has 0 rings (SSSR count). The Kier molecular flexibility index (Phi) is 39.1. The molecule has 8 heteroatoms. The van der Waals surface area contributed by atoms with Crippen LogP contribution in [0.25, 0.3) is 0 Å². The highest BCUT2D eigenvalue weighted by molar-refractivity contribution is 5.70. The maximum Gasteiger partial charge on any atom is 0.306 e. The Hall–Kier alpha value is -2.71. The Bertz CT molecular complexity index is 1090. The number of allylic oxidation sites excluding steroid dienone is 8. The van der Waals surface area contributed by atoms with Crippen molar-refractivity contribution >= 4 is 17.9 Å². The van der Waals surface area contributed by atoms with Crippen molar-refractivity contribution in [3.63, 3.8) is 0 Å². The molecule has 336 valence electrons. The Morgan fingerprint density at radius 2 is 0.966 bits per heavy atom. The molecule has 0 bridgehead atoms. The first-order valence-electron chi connectivity index (χ1n) is 23.7. The maximum absolute atomic E-state index is 12.7. The van der Waals surface area contributed by atoms with E-state index in [2.05, 4.69) is 38.2 Å². The first-order chi connectivity index (χ1) is 28.1. The Balaban J connectivity index is 4.29. The van der Waals surface area contributed by atoms with Crippen molar-refractivity contribution in [3.05, 3.63) is 48.6 Å². The number of carbonyl (C=O) groups is 3. The Morgan fingerprint density at radius 3 is 1.43 bits per heavy atom. The van der Waals surface area contributed by atoms with E-state index >= 15 is 0 Å². The van der Waals surface area contributed by atoms with Crippen LogP contribution < -0.4 is 5.11 Å². The predicted octanol–water partition coefficient (Wildman–Crippen LogP) is 11.9. The van der Waals surface area contributed by atoms with Crippen LogP contribution in [-0.4, -0.2) is 75.5 Å². The zero-order chi connectivity index (χ0) is 42.8. The number of hydrogen-bond donors (Lipinski definition) is 0. The lowest BCUT2D eigenvalue weighted by Crippen LogP contribution is -2.55. The van der Waals surface area contributed by atoms with Crippen molar-refractivity contribution in [2.75, 3.05) is 41.0 Å². The van der Waals surface area contributed by atoms with Gasteiger partial charge in [-0.15, -0.1) is 0 Å². The van der Waals surface area contributed by atoms with Crippen LogP contribution in [0.15, 0.2) is 48.6 Å². The SMILES string of the molecule is CC/C=C/C=C/C=C/C=C/CCCCCCCC(=O)OC(COCCC(C(=O)[O-])[N+](C)(C)C)COC(=O)CCCCCCCCCCCCCCCCCCCCC. The van der Waals surface area contributed by atoms with E-state index in [1.165, 1.54) is 103 Å². The molecule has 8 nitrogen and oxygen atoms in total. The number of ether oxygens (including phenoxy) is 3. The summed E-state index contributed by atoms with van der Waals surface area (Å²) in [5.74, 6) is -1.76. The normalized spacial score (nSPS) is 13.3. The highest BCUT2D eigenvalue weighted by Gasteiger charge is 2.25. The number of carboxylic acid groups (broad SMARTS) is 1. The zero-order valence-corrected chi connectivity index (χ0v) is 38.2. The third-order valence-electron chi connectivity index (χ3n) is 10.6. The second-order valence-corrected chi connectivity index (χ2v) is 17.1. The molecule has 0 saturated heterocycles. The number of rotatable bonds is 42. The number of nitrogens with zero attached hydrogens (tertiary/aromatic N) is 1. The van der Waals surface area contributed by atoms with Crippen molar-refractivity contribution < 1.29 is 38.2 Å². The van der Waals surface area contributed by atoms with Crippen molar-refractivity contribution in [2.24, 2.45) is 0 Å². The summed E-state index contributed by atoms with van der Waals surface area (Å²) in [6.45, 7) is 4.52. The van der Waals surface area contributed by atoms with E-state index in [1.807, 2.05) is 24.3 Å². The van der Waals surface area contributed by atoms with Crippen LogP contribution >= 0.6 is 0 Å². The van der Waals surface area contributed by atoms with Gasteiger partial charge in [-0.1, -0.05) is 197 Å². The van der Waals surface area contributed by atoms with Crippen molar-refractivity contribution in [1.29, 1.82) is 0 Å². The minimum Gasteiger partial charge on any atom is -0.544 e. The zero-order valence-electron chi connectivity index (χ0n) is 38.2. The first-order valence-corrected chi connectivity index (χ1v) is 23.7. The van der Waals surface area contributed by atoms with Gasteiger partial charge in [-0.2, -0.15) is 0 Å². The van der Waals surface area contributed by atoms with Gasteiger partial charge in [0.05, 0.1) is 40.3 Å². The second-order valence-electron chi connectivity index (χ2n) is 17.1. The van der Waals surface area contributed by atoms with Crippen LogP contribution in [0, 0.1) is 0 Å². The van der Waals surface area contributed by atoms with E-state index < -0.39 is 18.1 Å². The average molecular weight is 816 g/mol. The molecule has 0 heterocycles. The lowest BCUT2D eigenvalue weighted by Gasteiger charge is -2.34. The largest absolute Gasteiger partial charge is 0.544 e. The quantitative estimate of drug-likeness (QED) is 0.0262. The topological polar surface area (TPSA) is 102 Å². The molecular formula is C50H89NO7. The summed E-state index contributed by atoms with van der Waals surface area (Å²) in [7, 11) is 5.40. The smallest absolute Gasteiger partial charge is 0.306 e. The summed E-state index contributed by atoms with van der Waals surface area (Å²) < 4.78 is 17.2. The molecule has 0 aliphatic rings. The van der Waals surface area contributed by atoms with Crippen molar-refractivity contribution in [3.8, 4) is 0 Å². The van der Waals surface area contributed by atoms with E-state index in [9.17, 15) is 19.5 Å². The van der Waals surface area contributed by atoms with Gasteiger partial charge in [0.2, 0.25) is 0 Å². The van der Waals surface area contributed by atoms with Gasteiger partial charge in [0.15, 0.2) is 6.10 Å². The summed E-state index contributed by atoms with van der Waals surface area (Å²) in [5, 5.41) is 11.6. The molecule has 0 aromatic rings. The fraction of sp³-hybridized carbons (Fsp3) is 0.780. The van der Waals surface area contributed by atoms with Crippen LogP contribution in [0.2, 0.25) is 0 Å². The third kappa shape index (κ3) is 38.8. The molecule has 0 fully saturated rings. The van der Waals surface area contributed by atoms with Gasteiger partial charge in [-0.05, 0) is 32.1 Å². The number of likely N-dealkylation sites (N-methyl/N-ethyl adjacent to an activating group) is 1. The van der Waals surface area contributed by atoms with Crippen LogP contribution in [0.3, 0.4) is 0 Å². The Morgan fingerprint density at radius 1 is 0.534 bits per heavy atom. The number of quaternary nitrogens is 1. The molecule has 2 atom stereocenters. The fourth-order valence-electron chi connectivity index (χ4n) is 6.91. The van der Waals surface area contributed by atoms with Gasteiger partial charge >= 0.3 is 11.9 Å². The Labute approximate surface area is 356 Å². The highest BCUT2D eigenvalue weighted by Crippen LogP contribution is 2.16. The minimum absolute atomic E-state index is 0.0318. The highest BCUT2D eigenvalue weighted by atomic mass is 16.6. The first kappa shape index (κ1) is 55.3. The van der Waals surface area contributed by atoms with Gasteiger partial charge in [-0.25, -0.2) is 0 Å². The number of aliphatic carboxylic acids is 1. The standard InChI is InChI=1S/C50H89NO7/c1-6-8-10-12-14-16-18-20-22-23-24-25-27-28-30-32-34-36-38-40-48(52)57-45-46(44-56-43-42-47(50(54)55)51(3,4)5)58-49(53)41-39-37-35-33-31-29-26-21-19-17-15-13-11-9-7-2/h9,11,13,15,17,19,21,26,46-47H,6-8,10,12,14,16,18,20,22-25,27-45H2,1-5H3/b11-9+,15-13+,19-17+,26-21+. The van der Waals surface area contributed by atoms with E-state index in [0.29, 0.717) is 12.8 Å². The van der Waals surface area contributed by atoms with Gasteiger partial charge in [0.25, 0.3) is 0 Å². The third-order valence-corrected chi connectivity index (χ3v) is 10.6. The molecule has 0 N–H and O–H groups in total. The summed E-state index contributed by atoms with van der Waals surface area (Å²) in [5.41, 5.74) is 0. The molecular weight excluding hydrogens is 727 g/mol. The summed E-state index contributed by atoms with van der Waals surface area (Å²) >= 11 is 0. The minimum atomic E-state index is -1.13. The number of esters is 2. The van der Waals surface area contributed by atoms with Gasteiger partial charge in [-0.3, -0.25) is 9.59 Å². The fourth-order valence-corrected chi connectivity index (χ4v) is 6.91. The van der Waals surface area contributed by atoms with E-state index in [0.717, 1.165) is 64.2 Å². The van der Waals surface area contributed by atoms with Crippen LogP contribution in [-0.2, 0) is 28.6 Å². The average Bonchev–Trinajstić information content (AvgIpc) is 3.18. The van der Waals surface area contributed by atoms with Gasteiger partial charge in [0, 0.05) is 19.3 Å². The number of unbranched alkanes of at least 4 members (excludes halogenated alkanes) is 23. The number of carboxylic acids is 1. The van der Waals surface area contributed by atoms with Crippen LogP contribution in [0.4, 0.5) is 0 Å². The lowest BCUT2D eigenvalue weighted by atomic mass is 10.0. The van der Waals surface area contributed by atoms with Crippen LogP contribution in [0.1, 0.15) is 200 Å². The molecule has 0 amide bonds. The molecule has 0 aliphatic heterocycles. The number of hydrogen-bond acceptors (Lipinski definition) is 7. The monoisotopic (exact) mass is 816 g/mol. The summed E-state index contributed by atoms with van der Waals surface area (Å²) in [4.78, 5) is 36.9. The van der Waals surface area contributed by atoms with Crippen LogP contribution in [0.5, 0.6) is 0 Å². The molecule has 0 aliphatic carbocycles. The molecule has 2 unspecified atom stereocenters. The molecule has 0 spiro atoms. The van der Waals surface area contributed by atoms with Gasteiger partial charge < -0.3 is 28.6 Å². The lowest BCUT2D eigenvalue weighted by molar-refractivity contribution is -0.889. The number of carbonyl (C=O) groups excluding carboxylic acids is 3. The van der Waals surface area contributed by atoms with Crippen molar-refractivity contribution in [2.45, 2.75) is 212 Å². The molecule has 0 saturated carbocycles. The second kappa shape index (κ2) is 41.0.